The summed E-state index contributed by atoms with van der Waals surface area (Å²) in [6.45, 7) is 0.436. The Morgan fingerprint density at radius 1 is 1.50 bits per heavy atom. The molecule has 1 N–H and O–H groups in total. The highest BCUT2D eigenvalue weighted by atomic mass is 16.6. The molecule has 0 fully saturated rings. The third-order valence-corrected chi connectivity index (χ3v) is 2.54. The molecule has 0 saturated heterocycles. The molecule has 2 aromatic rings. The van der Waals surface area contributed by atoms with Crippen molar-refractivity contribution in [2.45, 2.75) is 6.42 Å². The van der Waals surface area contributed by atoms with Crippen LogP contribution in [0.3, 0.4) is 0 Å². The van der Waals surface area contributed by atoms with Gasteiger partial charge in [-0.2, -0.15) is 10.1 Å². The lowest BCUT2D eigenvalue weighted by atomic mass is 10.3. The smallest absolute Gasteiger partial charge is 0.311 e. The summed E-state index contributed by atoms with van der Waals surface area (Å²) in [6.07, 6.45) is 2.14. The van der Waals surface area contributed by atoms with Crippen molar-refractivity contribution < 1.29 is 9.66 Å². The van der Waals surface area contributed by atoms with Gasteiger partial charge in [0, 0.05) is 32.1 Å². The molecule has 0 aliphatic heterocycles. The highest BCUT2D eigenvalue weighted by Crippen LogP contribution is 2.24. The number of aryl methyl sites for hydroxylation is 1. The van der Waals surface area contributed by atoms with Crippen LogP contribution in [0.5, 0.6) is 5.88 Å². The van der Waals surface area contributed by atoms with Crippen LogP contribution in [0, 0.1) is 10.1 Å². The second kappa shape index (κ2) is 5.95. The molecule has 0 spiro atoms. The zero-order valence-corrected chi connectivity index (χ0v) is 11.1. The molecule has 0 aliphatic rings. The number of anilines is 1. The van der Waals surface area contributed by atoms with Crippen LogP contribution in [-0.4, -0.2) is 38.3 Å². The van der Waals surface area contributed by atoms with Gasteiger partial charge in [0.2, 0.25) is 11.7 Å². The standard InChI is InChI=1S/C11H14N6O3/c1-16-7-13-9(15-16)5-6-12-11-8(17(18)19)3-4-10(14-11)20-2/h3-4,7H,5-6H2,1-2H3,(H,12,14). The minimum Gasteiger partial charge on any atom is -0.481 e. The minimum absolute atomic E-state index is 0.0974. The number of methoxy groups -OCH3 is 1. The van der Waals surface area contributed by atoms with Crippen LogP contribution < -0.4 is 10.1 Å². The first-order valence-electron chi connectivity index (χ1n) is 5.88. The summed E-state index contributed by atoms with van der Waals surface area (Å²) in [7, 11) is 3.23. The molecule has 106 valence electrons. The lowest BCUT2D eigenvalue weighted by molar-refractivity contribution is -0.384. The Balaban J connectivity index is 2.05. The largest absolute Gasteiger partial charge is 0.481 e. The molecule has 0 atom stereocenters. The van der Waals surface area contributed by atoms with E-state index in [9.17, 15) is 10.1 Å². The predicted octanol–water partition coefficient (Wildman–Crippen LogP) is 0.781. The Morgan fingerprint density at radius 2 is 2.30 bits per heavy atom. The van der Waals surface area contributed by atoms with Crippen molar-refractivity contribution in [1.29, 1.82) is 0 Å². The number of hydrogen-bond acceptors (Lipinski definition) is 7. The first kappa shape index (κ1) is 13.7. The van der Waals surface area contributed by atoms with Crippen LogP contribution in [0.4, 0.5) is 11.5 Å². The number of nitrogens with zero attached hydrogens (tertiary/aromatic N) is 5. The van der Waals surface area contributed by atoms with Gasteiger partial charge in [-0.1, -0.05) is 0 Å². The van der Waals surface area contributed by atoms with E-state index in [1.165, 1.54) is 19.2 Å². The summed E-state index contributed by atoms with van der Waals surface area (Å²) in [5.41, 5.74) is -0.0974. The number of nitro groups is 1. The maximum absolute atomic E-state index is 10.9. The lowest BCUT2D eigenvalue weighted by Gasteiger charge is -2.06. The second-order valence-corrected chi connectivity index (χ2v) is 3.99. The maximum atomic E-state index is 10.9. The zero-order valence-electron chi connectivity index (χ0n) is 11.1. The minimum atomic E-state index is -0.492. The van der Waals surface area contributed by atoms with Gasteiger partial charge in [-0.15, -0.1) is 0 Å². The number of hydrogen-bond donors (Lipinski definition) is 1. The Bertz CT molecular complexity index is 612. The Kier molecular flexibility index (Phi) is 4.08. The van der Waals surface area contributed by atoms with Gasteiger partial charge in [0.25, 0.3) is 0 Å². The van der Waals surface area contributed by atoms with Crippen LogP contribution in [0.1, 0.15) is 5.82 Å². The van der Waals surface area contributed by atoms with Crippen molar-refractivity contribution in [1.82, 2.24) is 19.7 Å². The fraction of sp³-hybridized carbons (Fsp3) is 0.364. The molecular weight excluding hydrogens is 264 g/mol. The molecular formula is C11H14N6O3. The van der Waals surface area contributed by atoms with Crippen molar-refractivity contribution in [2.75, 3.05) is 19.0 Å². The van der Waals surface area contributed by atoms with E-state index in [1.54, 1.807) is 18.1 Å². The number of rotatable bonds is 6. The molecule has 0 radical (unpaired) electrons. The molecule has 9 nitrogen and oxygen atoms in total. The second-order valence-electron chi connectivity index (χ2n) is 3.99. The Labute approximate surface area is 114 Å². The topological polar surface area (TPSA) is 108 Å². The molecule has 0 aromatic carbocycles. The summed E-state index contributed by atoms with van der Waals surface area (Å²) in [5.74, 6) is 1.14. The molecule has 0 amide bonds. The van der Waals surface area contributed by atoms with Crippen LogP contribution in [-0.2, 0) is 13.5 Å². The molecule has 0 aliphatic carbocycles. The van der Waals surface area contributed by atoms with Crippen LogP contribution >= 0.6 is 0 Å². The van der Waals surface area contributed by atoms with E-state index in [1.807, 2.05) is 0 Å². The van der Waals surface area contributed by atoms with Crippen LogP contribution in [0.25, 0.3) is 0 Å². The van der Waals surface area contributed by atoms with Gasteiger partial charge in [0.05, 0.1) is 12.0 Å². The summed E-state index contributed by atoms with van der Waals surface area (Å²) < 4.78 is 6.55. The van der Waals surface area contributed by atoms with Gasteiger partial charge in [0.1, 0.15) is 6.33 Å². The Hall–Kier alpha value is -2.71. The van der Waals surface area contributed by atoms with Gasteiger partial charge < -0.3 is 10.1 Å². The van der Waals surface area contributed by atoms with Gasteiger partial charge in [-0.3, -0.25) is 14.8 Å². The third-order valence-electron chi connectivity index (χ3n) is 2.54. The maximum Gasteiger partial charge on any atom is 0.311 e. The van der Waals surface area contributed by atoms with Crippen LogP contribution in [0.2, 0.25) is 0 Å². The van der Waals surface area contributed by atoms with Crippen molar-refractivity contribution in [2.24, 2.45) is 7.05 Å². The molecule has 2 heterocycles. The van der Waals surface area contributed by atoms with E-state index in [-0.39, 0.29) is 11.5 Å². The monoisotopic (exact) mass is 278 g/mol. The van der Waals surface area contributed by atoms with E-state index in [0.717, 1.165) is 0 Å². The molecule has 20 heavy (non-hydrogen) atoms. The fourth-order valence-corrected chi connectivity index (χ4v) is 1.62. The van der Waals surface area contributed by atoms with Gasteiger partial charge in [-0.25, -0.2) is 4.98 Å². The van der Waals surface area contributed by atoms with E-state index in [2.05, 4.69) is 20.4 Å². The molecule has 0 saturated carbocycles. The number of nitrogens with one attached hydrogen (secondary N) is 1. The quantitative estimate of drug-likeness (QED) is 0.614. The van der Waals surface area contributed by atoms with Gasteiger partial charge >= 0.3 is 5.69 Å². The van der Waals surface area contributed by atoms with E-state index in [0.29, 0.717) is 24.7 Å². The van der Waals surface area contributed by atoms with Crippen molar-refractivity contribution in [3.05, 3.63) is 34.4 Å². The number of ether oxygens (including phenoxy) is 1. The first-order chi connectivity index (χ1) is 9.60. The zero-order chi connectivity index (χ0) is 14.5. The average molecular weight is 278 g/mol. The van der Waals surface area contributed by atoms with Crippen LogP contribution in [0.15, 0.2) is 18.5 Å². The van der Waals surface area contributed by atoms with Crippen molar-refractivity contribution in [3.8, 4) is 5.88 Å². The fourth-order valence-electron chi connectivity index (χ4n) is 1.62. The van der Waals surface area contributed by atoms with Gasteiger partial charge in [0.15, 0.2) is 5.82 Å². The molecule has 2 rings (SSSR count). The highest BCUT2D eigenvalue weighted by molar-refractivity contribution is 5.57. The molecule has 2 aromatic heterocycles. The molecule has 9 heteroatoms. The van der Waals surface area contributed by atoms with Crippen molar-refractivity contribution >= 4 is 11.5 Å². The molecule has 0 bridgehead atoms. The summed E-state index contributed by atoms with van der Waals surface area (Å²) in [4.78, 5) is 18.5. The summed E-state index contributed by atoms with van der Waals surface area (Å²) in [5, 5.41) is 17.9. The SMILES string of the molecule is COc1ccc([N+](=O)[O-])c(NCCc2ncn(C)n2)n1. The first-order valence-corrected chi connectivity index (χ1v) is 5.88. The van der Waals surface area contributed by atoms with Gasteiger partial charge in [-0.05, 0) is 0 Å². The van der Waals surface area contributed by atoms with E-state index in [4.69, 9.17) is 4.74 Å². The number of pyridine rings is 1. The summed E-state index contributed by atoms with van der Waals surface area (Å²) in [6, 6.07) is 2.80. The van der Waals surface area contributed by atoms with E-state index < -0.39 is 4.92 Å². The molecule has 0 unspecified atom stereocenters. The summed E-state index contributed by atoms with van der Waals surface area (Å²) >= 11 is 0. The van der Waals surface area contributed by atoms with E-state index >= 15 is 0 Å². The predicted molar refractivity (Wildman–Crippen MR) is 70.6 cm³/mol. The number of aromatic nitrogens is 4. The lowest BCUT2D eigenvalue weighted by Crippen LogP contribution is -2.10. The normalized spacial score (nSPS) is 10.3. The Morgan fingerprint density at radius 3 is 2.90 bits per heavy atom. The average Bonchev–Trinajstić information content (AvgIpc) is 2.84. The van der Waals surface area contributed by atoms with Crippen molar-refractivity contribution in [3.63, 3.8) is 0 Å². The third kappa shape index (κ3) is 3.19. The highest BCUT2D eigenvalue weighted by Gasteiger charge is 2.16.